The Labute approximate surface area is 124 Å². The third-order valence-corrected chi connectivity index (χ3v) is 3.61. The number of likely N-dealkylation sites (N-methyl/N-ethyl adjacent to an activating group) is 1. The zero-order chi connectivity index (χ0) is 14.7. The van der Waals surface area contributed by atoms with E-state index in [0.717, 1.165) is 30.0 Å². The van der Waals surface area contributed by atoms with Gasteiger partial charge in [0.2, 0.25) is 0 Å². The summed E-state index contributed by atoms with van der Waals surface area (Å²) in [6, 6.07) is 15.6. The van der Waals surface area contributed by atoms with Crippen molar-refractivity contribution in [2.75, 3.05) is 18.6 Å². The Balaban J connectivity index is 1.72. The van der Waals surface area contributed by atoms with Crippen molar-refractivity contribution in [3.8, 4) is 5.75 Å². The molecule has 21 heavy (non-hydrogen) atoms. The van der Waals surface area contributed by atoms with Gasteiger partial charge in [0.15, 0.2) is 0 Å². The summed E-state index contributed by atoms with van der Waals surface area (Å²) in [5.74, 6) is 0.915. The molecule has 0 unspecified atom stereocenters. The van der Waals surface area contributed by atoms with Gasteiger partial charge in [0.25, 0.3) is 5.91 Å². The fourth-order valence-corrected chi connectivity index (χ4v) is 2.37. The Kier molecular flexibility index (Phi) is 3.73. The zero-order valence-corrected chi connectivity index (χ0v) is 12.0. The standard InChI is InChI=1S/C18H17NO2/c1-19(16-5-3-2-4-6-16)18(20)10-8-14-7-9-17-15(13-14)11-12-21-17/h2-10,13H,11-12H2,1H3/b10-8+. The van der Waals surface area contributed by atoms with Crippen LogP contribution in [0.3, 0.4) is 0 Å². The number of fused-ring (bicyclic) bond motifs is 1. The molecule has 1 heterocycles. The Hall–Kier alpha value is -2.55. The van der Waals surface area contributed by atoms with Crippen molar-refractivity contribution in [3.63, 3.8) is 0 Å². The van der Waals surface area contributed by atoms with Gasteiger partial charge < -0.3 is 9.64 Å². The highest BCUT2D eigenvalue weighted by molar-refractivity contribution is 6.03. The molecule has 0 aromatic heterocycles. The summed E-state index contributed by atoms with van der Waals surface area (Å²) >= 11 is 0. The molecule has 0 radical (unpaired) electrons. The number of anilines is 1. The van der Waals surface area contributed by atoms with Crippen LogP contribution in [0.15, 0.2) is 54.6 Å². The summed E-state index contributed by atoms with van der Waals surface area (Å²) < 4.78 is 5.48. The first-order valence-corrected chi connectivity index (χ1v) is 7.00. The highest BCUT2D eigenvalue weighted by Crippen LogP contribution is 2.26. The molecule has 0 spiro atoms. The summed E-state index contributed by atoms with van der Waals surface area (Å²) in [6.07, 6.45) is 4.39. The monoisotopic (exact) mass is 279 g/mol. The van der Waals surface area contributed by atoms with E-state index < -0.39 is 0 Å². The zero-order valence-electron chi connectivity index (χ0n) is 12.0. The van der Waals surface area contributed by atoms with Gasteiger partial charge in [0, 0.05) is 25.2 Å². The third-order valence-electron chi connectivity index (χ3n) is 3.61. The number of hydrogen-bond acceptors (Lipinski definition) is 2. The van der Waals surface area contributed by atoms with Gasteiger partial charge in [-0.05, 0) is 41.5 Å². The number of carbonyl (C=O) groups is 1. The quantitative estimate of drug-likeness (QED) is 0.807. The minimum atomic E-state index is -0.0436. The van der Waals surface area contributed by atoms with Gasteiger partial charge in [-0.15, -0.1) is 0 Å². The maximum atomic E-state index is 12.2. The van der Waals surface area contributed by atoms with Crippen LogP contribution in [0.4, 0.5) is 5.69 Å². The summed E-state index contributed by atoms with van der Waals surface area (Å²) in [4.78, 5) is 13.8. The van der Waals surface area contributed by atoms with Crippen LogP contribution in [0.5, 0.6) is 5.75 Å². The minimum Gasteiger partial charge on any atom is -0.493 e. The van der Waals surface area contributed by atoms with E-state index in [1.807, 2.05) is 48.5 Å². The molecule has 3 nitrogen and oxygen atoms in total. The number of rotatable bonds is 3. The van der Waals surface area contributed by atoms with Gasteiger partial charge in [-0.1, -0.05) is 24.3 Å². The second-order valence-corrected chi connectivity index (χ2v) is 5.03. The molecule has 0 atom stereocenters. The Morgan fingerprint density at radius 2 is 2.00 bits per heavy atom. The average molecular weight is 279 g/mol. The van der Waals surface area contributed by atoms with Gasteiger partial charge in [-0.3, -0.25) is 4.79 Å². The lowest BCUT2D eigenvalue weighted by molar-refractivity contribution is -0.113. The van der Waals surface area contributed by atoms with Crippen LogP contribution in [0.25, 0.3) is 6.08 Å². The molecule has 0 bridgehead atoms. The smallest absolute Gasteiger partial charge is 0.250 e. The first-order chi connectivity index (χ1) is 10.2. The van der Waals surface area contributed by atoms with E-state index >= 15 is 0 Å². The molecule has 0 N–H and O–H groups in total. The molecule has 1 aliphatic rings. The van der Waals surface area contributed by atoms with Crippen LogP contribution >= 0.6 is 0 Å². The summed E-state index contributed by atoms with van der Waals surface area (Å²) in [5, 5.41) is 0. The van der Waals surface area contributed by atoms with E-state index in [0.29, 0.717) is 0 Å². The number of hydrogen-bond donors (Lipinski definition) is 0. The lowest BCUT2D eigenvalue weighted by atomic mass is 10.1. The second-order valence-electron chi connectivity index (χ2n) is 5.03. The number of para-hydroxylation sites is 1. The van der Waals surface area contributed by atoms with Crippen LogP contribution in [0.2, 0.25) is 0 Å². The molecule has 0 fully saturated rings. The molecule has 2 aromatic carbocycles. The van der Waals surface area contributed by atoms with E-state index in [4.69, 9.17) is 4.74 Å². The van der Waals surface area contributed by atoms with Gasteiger partial charge in [-0.25, -0.2) is 0 Å². The third kappa shape index (κ3) is 2.97. The van der Waals surface area contributed by atoms with Crippen molar-refractivity contribution >= 4 is 17.7 Å². The number of nitrogens with zero attached hydrogens (tertiary/aromatic N) is 1. The first kappa shape index (κ1) is 13.4. The van der Waals surface area contributed by atoms with E-state index in [1.54, 1.807) is 18.0 Å². The molecule has 106 valence electrons. The Morgan fingerprint density at radius 3 is 2.81 bits per heavy atom. The van der Waals surface area contributed by atoms with Gasteiger partial charge in [0.05, 0.1) is 6.61 Å². The molecular weight excluding hydrogens is 262 g/mol. The first-order valence-electron chi connectivity index (χ1n) is 7.00. The van der Waals surface area contributed by atoms with E-state index in [1.165, 1.54) is 5.56 Å². The largest absolute Gasteiger partial charge is 0.493 e. The summed E-state index contributed by atoms with van der Waals surface area (Å²) in [6.45, 7) is 0.748. The van der Waals surface area contributed by atoms with Crippen molar-refractivity contribution in [3.05, 3.63) is 65.7 Å². The van der Waals surface area contributed by atoms with Crippen molar-refractivity contribution in [2.45, 2.75) is 6.42 Å². The van der Waals surface area contributed by atoms with E-state index in [2.05, 4.69) is 6.07 Å². The van der Waals surface area contributed by atoms with Crippen LogP contribution in [0.1, 0.15) is 11.1 Å². The molecule has 1 amide bonds. The molecular formula is C18H17NO2. The fourth-order valence-electron chi connectivity index (χ4n) is 2.37. The lowest BCUT2D eigenvalue weighted by Gasteiger charge is -2.14. The predicted octanol–water partition coefficient (Wildman–Crippen LogP) is 3.30. The molecule has 3 heteroatoms. The van der Waals surface area contributed by atoms with Gasteiger partial charge in [-0.2, -0.15) is 0 Å². The van der Waals surface area contributed by atoms with Crippen LogP contribution < -0.4 is 9.64 Å². The summed E-state index contributed by atoms with van der Waals surface area (Å²) in [7, 11) is 1.78. The van der Waals surface area contributed by atoms with Crippen molar-refractivity contribution in [2.24, 2.45) is 0 Å². The Morgan fingerprint density at radius 1 is 1.19 bits per heavy atom. The van der Waals surface area contributed by atoms with Gasteiger partial charge >= 0.3 is 0 Å². The van der Waals surface area contributed by atoms with Gasteiger partial charge in [0.1, 0.15) is 5.75 Å². The average Bonchev–Trinajstić information content (AvgIpc) is 3.00. The highest BCUT2D eigenvalue weighted by atomic mass is 16.5. The van der Waals surface area contributed by atoms with Crippen molar-refractivity contribution in [1.82, 2.24) is 0 Å². The van der Waals surface area contributed by atoms with Crippen LogP contribution in [-0.2, 0) is 11.2 Å². The van der Waals surface area contributed by atoms with Crippen molar-refractivity contribution < 1.29 is 9.53 Å². The van der Waals surface area contributed by atoms with E-state index in [-0.39, 0.29) is 5.91 Å². The molecule has 1 aliphatic heterocycles. The van der Waals surface area contributed by atoms with E-state index in [9.17, 15) is 4.79 Å². The number of carbonyl (C=O) groups excluding carboxylic acids is 1. The van der Waals surface area contributed by atoms with Crippen LogP contribution in [0, 0.1) is 0 Å². The molecule has 0 saturated heterocycles. The second kappa shape index (κ2) is 5.83. The normalized spacial score (nSPS) is 13.0. The topological polar surface area (TPSA) is 29.5 Å². The lowest BCUT2D eigenvalue weighted by Crippen LogP contribution is -2.23. The molecule has 0 saturated carbocycles. The van der Waals surface area contributed by atoms with Crippen molar-refractivity contribution in [1.29, 1.82) is 0 Å². The minimum absolute atomic E-state index is 0.0436. The molecule has 0 aliphatic carbocycles. The maximum absolute atomic E-state index is 12.2. The number of benzene rings is 2. The number of amides is 1. The molecule has 2 aromatic rings. The molecule has 3 rings (SSSR count). The summed E-state index contributed by atoms with van der Waals surface area (Å²) in [5.41, 5.74) is 3.12. The SMILES string of the molecule is CN(C(=O)/C=C/c1ccc2c(c1)CCO2)c1ccccc1. The Bertz CT molecular complexity index is 677. The fraction of sp³-hybridized carbons (Fsp3) is 0.167. The maximum Gasteiger partial charge on any atom is 0.250 e. The predicted molar refractivity (Wildman–Crippen MR) is 84.5 cm³/mol. The highest BCUT2D eigenvalue weighted by Gasteiger charge is 2.11. The van der Waals surface area contributed by atoms with Crippen LogP contribution in [-0.4, -0.2) is 19.6 Å². The number of ether oxygens (including phenoxy) is 1.